The second-order valence-electron chi connectivity index (χ2n) is 8.26. The molecule has 0 bridgehead atoms. The Balaban J connectivity index is 1.36. The van der Waals surface area contributed by atoms with Gasteiger partial charge in [-0.15, -0.1) is 0 Å². The Bertz CT molecular complexity index is 1050. The molecule has 10 heteroatoms. The lowest BCUT2D eigenvalue weighted by atomic mass is 9.88. The third-order valence-corrected chi connectivity index (χ3v) is 5.98. The van der Waals surface area contributed by atoms with Crippen molar-refractivity contribution in [1.29, 1.82) is 0 Å². The number of carbonyl (C=O) groups is 2. The van der Waals surface area contributed by atoms with Crippen LogP contribution in [0.2, 0.25) is 0 Å². The van der Waals surface area contributed by atoms with Crippen molar-refractivity contribution in [3.05, 3.63) is 58.9 Å². The number of aromatic nitrogens is 2. The van der Waals surface area contributed by atoms with Crippen molar-refractivity contribution in [3.8, 4) is 0 Å². The Morgan fingerprint density at radius 3 is 2.64 bits per heavy atom. The molecule has 2 aromatic rings. The summed E-state index contributed by atoms with van der Waals surface area (Å²) in [6.45, 7) is 2.67. The van der Waals surface area contributed by atoms with Gasteiger partial charge in [-0.3, -0.25) is 9.59 Å². The number of rotatable bonds is 6. The molecule has 9 nitrogen and oxygen atoms in total. The molecule has 1 atom stereocenters. The van der Waals surface area contributed by atoms with Crippen LogP contribution >= 0.6 is 0 Å². The molecule has 0 aliphatic carbocycles. The van der Waals surface area contributed by atoms with E-state index in [1.165, 1.54) is 12.1 Å². The molecule has 0 radical (unpaired) electrons. The summed E-state index contributed by atoms with van der Waals surface area (Å²) in [5, 5.41) is 16.0. The number of aryl methyl sites for hydroxylation is 1. The number of nitrogens with zero attached hydrogens (tertiary/aromatic N) is 4. The number of aliphatic hydroxyl groups is 1. The summed E-state index contributed by atoms with van der Waals surface area (Å²) >= 11 is 0. The molecule has 0 saturated carbocycles. The molecule has 1 saturated heterocycles. The summed E-state index contributed by atoms with van der Waals surface area (Å²) in [4.78, 5) is 40.3. The van der Waals surface area contributed by atoms with Crippen molar-refractivity contribution in [2.24, 2.45) is 11.1 Å². The highest BCUT2D eigenvalue weighted by Crippen LogP contribution is 2.29. The SMILES string of the molecule is Cc1nc(C(=O)NCc2ccc(F)cc2)cc(C2=NOC(C3CCN(C(=O)CO)CC3)C2)n1. The van der Waals surface area contributed by atoms with E-state index in [1.807, 2.05) is 0 Å². The average molecular weight is 455 g/mol. The molecule has 2 amide bonds. The maximum atomic E-state index is 13.0. The number of amides is 2. The van der Waals surface area contributed by atoms with Gasteiger partial charge in [-0.25, -0.2) is 14.4 Å². The predicted octanol–water partition coefficient (Wildman–Crippen LogP) is 1.58. The largest absolute Gasteiger partial charge is 0.391 e. The first-order chi connectivity index (χ1) is 15.9. The average Bonchev–Trinajstić information content (AvgIpc) is 3.33. The Morgan fingerprint density at radius 2 is 1.94 bits per heavy atom. The van der Waals surface area contributed by atoms with Crippen molar-refractivity contribution >= 4 is 17.5 Å². The van der Waals surface area contributed by atoms with Crippen LogP contribution in [0.25, 0.3) is 0 Å². The Morgan fingerprint density at radius 1 is 1.21 bits per heavy atom. The lowest BCUT2D eigenvalue weighted by molar-refractivity contribution is -0.136. The first kappa shape index (κ1) is 22.8. The Kier molecular flexibility index (Phi) is 6.93. The fraction of sp³-hybridized carbons (Fsp3) is 0.435. The highest BCUT2D eigenvalue weighted by atomic mass is 19.1. The van der Waals surface area contributed by atoms with E-state index in [9.17, 15) is 14.0 Å². The Hall–Kier alpha value is -3.40. The van der Waals surface area contributed by atoms with Gasteiger partial charge in [-0.1, -0.05) is 17.3 Å². The highest BCUT2D eigenvalue weighted by Gasteiger charge is 2.34. The number of likely N-dealkylation sites (tertiary alicyclic amines) is 1. The van der Waals surface area contributed by atoms with Crippen molar-refractivity contribution < 1.29 is 23.9 Å². The normalized spacial score (nSPS) is 18.6. The van der Waals surface area contributed by atoms with E-state index >= 15 is 0 Å². The van der Waals surface area contributed by atoms with Crippen LogP contribution in [0, 0.1) is 18.7 Å². The fourth-order valence-corrected chi connectivity index (χ4v) is 4.13. The van der Waals surface area contributed by atoms with E-state index in [0.717, 1.165) is 18.4 Å². The van der Waals surface area contributed by atoms with E-state index in [1.54, 1.807) is 30.0 Å². The molecule has 1 fully saturated rings. The molecule has 1 aromatic carbocycles. The maximum absolute atomic E-state index is 13.0. The molecule has 174 valence electrons. The Labute approximate surface area is 190 Å². The minimum atomic E-state index is -0.468. The summed E-state index contributed by atoms with van der Waals surface area (Å²) in [7, 11) is 0. The van der Waals surface area contributed by atoms with Crippen molar-refractivity contribution in [1.82, 2.24) is 20.2 Å². The number of halogens is 1. The van der Waals surface area contributed by atoms with Gasteiger partial charge in [0.25, 0.3) is 5.91 Å². The molecular formula is C23H26FN5O4. The number of hydrogen-bond acceptors (Lipinski definition) is 7. The molecule has 3 heterocycles. The van der Waals surface area contributed by atoms with Gasteiger partial charge in [0.1, 0.15) is 35.8 Å². The second kappa shape index (κ2) is 10.0. The molecule has 0 spiro atoms. The summed E-state index contributed by atoms with van der Waals surface area (Å²) in [6, 6.07) is 7.51. The molecule has 1 unspecified atom stereocenters. The zero-order chi connectivity index (χ0) is 23.4. The summed E-state index contributed by atoms with van der Waals surface area (Å²) in [5.41, 5.74) is 2.21. The van der Waals surface area contributed by atoms with Gasteiger partial charge in [0, 0.05) is 32.0 Å². The lowest BCUT2D eigenvalue weighted by Gasteiger charge is -2.33. The quantitative estimate of drug-likeness (QED) is 0.683. The van der Waals surface area contributed by atoms with Gasteiger partial charge in [0.05, 0.1) is 5.69 Å². The maximum Gasteiger partial charge on any atom is 0.270 e. The van der Waals surface area contributed by atoms with Gasteiger partial charge in [-0.2, -0.15) is 0 Å². The van der Waals surface area contributed by atoms with Crippen molar-refractivity contribution in [2.75, 3.05) is 19.7 Å². The van der Waals surface area contributed by atoms with Crippen LogP contribution in [0.3, 0.4) is 0 Å². The van der Waals surface area contributed by atoms with Gasteiger partial charge in [0.15, 0.2) is 0 Å². The van der Waals surface area contributed by atoms with Gasteiger partial charge < -0.3 is 20.2 Å². The van der Waals surface area contributed by atoms with Gasteiger partial charge >= 0.3 is 0 Å². The smallest absolute Gasteiger partial charge is 0.270 e. The number of oxime groups is 1. The zero-order valence-corrected chi connectivity index (χ0v) is 18.3. The minimum Gasteiger partial charge on any atom is -0.391 e. The first-order valence-electron chi connectivity index (χ1n) is 10.9. The summed E-state index contributed by atoms with van der Waals surface area (Å²) in [6.07, 6.45) is 2.00. The standard InChI is InChI=1S/C23H26FN5O4/c1-14-26-18(10-20(27-14)23(32)25-12-15-2-4-17(24)5-3-15)19-11-21(33-28-19)16-6-8-29(9-7-16)22(31)13-30/h2-5,10,16,21,30H,6-9,11-13H2,1H3,(H,25,32). The minimum absolute atomic E-state index is 0.114. The van der Waals surface area contributed by atoms with Crippen LogP contribution in [0.5, 0.6) is 0 Å². The molecule has 33 heavy (non-hydrogen) atoms. The van der Waals surface area contributed by atoms with Crippen molar-refractivity contribution in [2.45, 2.75) is 38.8 Å². The van der Waals surface area contributed by atoms with E-state index in [2.05, 4.69) is 20.4 Å². The van der Waals surface area contributed by atoms with Crippen LogP contribution in [-0.2, 0) is 16.2 Å². The molecule has 2 aliphatic heterocycles. The number of nitrogens with one attached hydrogen (secondary N) is 1. The number of hydrogen-bond donors (Lipinski definition) is 2. The van der Waals surface area contributed by atoms with E-state index < -0.39 is 6.61 Å². The fourth-order valence-electron chi connectivity index (χ4n) is 4.13. The van der Waals surface area contributed by atoms with Gasteiger partial charge in [-0.05, 0) is 43.5 Å². The monoisotopic (exact) mass is 455 g/mol. The zero-order valence-electron chi connectivity index (χ0n) is 18.3. The third-order valence-electron chi connectivity index (χ3n) is 5.98. The lowest BCUT2D eigenvalue weighted by Crippen LogP contribution is -2.42. The first-order valence-corrected chi connectivity index (χ1v) is 10.9. The van der Waals surface area contributed by atoms with Crippen LogP contribution in [-0.4, -0.2) is 63.3 Å². The van der Waals surface area contributed by atoms with Gasteiger partial charge in [0.2, 0.25) is 5.91 Å². The summed E-state index contributed by atoms with van der Waals surface area (Å²) in [5.74, 6) is -0.248. The van der Waals surface area contributed by atoms with Crippen LogP contribution < -0.4 is 5.32 Å². The van der Waals surface area contributed by atoms with E-state index in [0.29, 0.717) is 36.7 Å². The number of aliphatic hydroxyl groups excluding tert-OH is 1. The second-order valence-corrected chi connectivity index (χ2v) is 8.26. The van der Waals surface area contributed by atoms with Crippen LogP contribution in [0.15, 0.2) is 35.5 Å². The molecule has 1 aromatic heterocycles. The third kappa shape index (κ3) is 5.51. The van der Waals surface area contributed by atoms with E-state index in [4.69, 9.17) is 9.94 Å². The molecule has 2 aliphatic rings. The molecule has 4 rings (SSSR count). The number of piperidine rings is 1. The van der Waals surface area contributed by atoms with Crippen LogP contribution in [0.1, 0.15) is 46.8 Å². The number of carbonyl (C=O) groups excluding carboxylic acids is 2. The molecular weight excluding hydrogens is 429 g/mol. The topological polar surface area (TPSA) is 117 Å². The highest BCUT2D eigenvalue weighted by molar-refractivity contribution is 6.01. The predicted molar refractivity (Wildman–Crippen MR) is 117 cm³/mol. The summed E-state index contributed by atoms with van der Waals surface area (Å²) < 4.78 is 13.0. The molecule has 2 N–H and O–H groups in total. The number of benzene rings is 1. The van der Waals surface area contributed by atoms with E-state index in [-0.39, 0.29) is 41.9 Å². The van der Waals surface area contributed by atoms with Crippen molar-refractivity contribution in [3.63, 3.8) is 0 Å². The van der Waals surface area contributed by atoms with Crippen LogP contribution in [0.4, 0.5) is 4.39 Å².